The van der Waals surface area contributed by atoms with Gasteiger partial charge in [0.2, 0.25) is 5.91 Å². The van der Waals surface area contributed by atoms with E-state index in [1.54, 1.807) is 0 Å². The van der Waals surface area contributed by atoms with E-state index < -0.39 is 0 Å². The van der Waals surface area contributed by atoms with Crippen molar-refractivity contribution in [1.29, 1.82) is 0 Å². The van der Waals surface area contributed by atoms with Crippen molar-refractivity contribution in [2.75, 3.05) is 36.5 Å². The van der Waals surface area contributed by atoms with Crippen molar-refractivity contribution in [3.05, 3.63) is 48.5 Å². The zero-order valence-electron chi connectivity index (χ0n) is 16.8. The summed E-state index contributed by atoms with van der Waals surface area (Å²) in [6.45, 7) is 8.15. The number of aromatic nitrogens is 2. The quantitative estimate of drug-likeness (QED) is 0.622. The average molecular weight is 411 g/mol. The number of anilines is 2. The van der Waals surface area contributed by atoms with Gasteiger partial charge in [0.25, 0.3) is 0 Å². The van der Waals surface area contributed by atoms with Gasteiger partial charge in [0.15, 0.2) is 5.16 Å². The van der Waals surface area contributed by atoms with Crippen LogP contribution < -0.4 is 10.2 Å². The van der Waals surface area contributed by atoms with Gasteiger partial charge in [0.05, 0.1) is 29.5 Å². The van der Waals surface area contributed by atoms with Gasteiger partial charge in [-0.3, -0.25) is 4.79 Å². The number of aryl methyl sites for hydroxylation is 1. The minimum atomic E-state index is -0.254. The molecule has 4 rings (SSSR count). The summed E-state index contributed by atoms with van der Waals surface area (Å²) in [5.41, 5.74) is 4.03. The maximum atomic E-state index is 12.7. The van der Waals surface area contributed by atoms with Crippen molar-refractivity contribution in [3.63, 3.8) is 0 Å². The Bertz CT molecular complexity index is 980. The number of morpholine rings is 1. The highest BCUT2D eigenvalue weighted by Gasteiger charge is 2.19. The number of fused-ring (bicyclic) bond motifs is 1. The molecule has 1 aliphatic heterocycles. The van der Waals surface area contributed by atoms with Crippen molar-refractivity contribution in [2.45, 2.75) is 30.8 Å². The molecule has 6 nitrogen and oxygen atoms in total. The van der Waals surface area contributed by atoms with E-state index in [1.807, 2.05) is 37.3 Å². The first-order valence-electron chi connectivity index (χ1n) is 10.0. The predicted molar refractivity (Wildman–Crippen MR) is 119 cm³/mol. The fraction of sp³-hybridized carbons (Fsp3) is 0.364. The van der Waals surface area contributed by atoms with Gasteiger partial charge < -0.3 is 19.5 Å². The molecule has 1 aliphatic rings. The molecule has 1 saturated heterocycles. The fourth-order valence-electron chi connectivity index (χ4n) is 3.48. The molecule has 152 valence electrons. The molecule has 0 unspecified atom stereocenters. The average Bonchev–Trinajstić information content (AvgIpc) is 3.11. The second-order valence-corrected chi connectivity index (χ2v) is 8.33. The lowest BCUT2D eigenvalue weighted by Gasteiger charge is -2.28. The third-order valence-electron chi connectivity index (χ3n) is 5.10. The van der Waals surface area contributed by atoms with Gasteiger partial charge in [-0.05, 0) is 50.2 Å². The topological polar surface area (TPSA) is 59.4 Å². The highest BCUT2D eigenvalue weighted by atomic mass is 32.2. The number of imidazole rings is 1. The summed E-state index contributed by atoms with van der Waals surface area (Å²) in [4.78, 5) is 19.7. The smallest absolute Gasteiger partial charge is 0.237 e. The molecule has 1 fully saturated rings. The summed E-state index contributed by atoms with van der Waals surface area (Å²) < 4.78 is 7.55. The van der Waals surface area contributed by atoms with E-state index in [4.69, 9.17) is 9.72 Å². The summed E-state index contributed by atoms with van der Waals surface area (Å²) in [6.07, 6.45) is 0. The van der Waals surface area contributed by atoms with E-state index in [1.165, 1.54) is 11.8 Å². The molecule has 0 bridgehead atoms. The molecule has 0 saturated carbocycles. The number of nitrogens with zero attached hydrogens (tertiary/aromatic N) is 3. The summed E-state index contributed by atoms with van der Waals surface area (Å²) >= 11 is 1.49. The summed E-state index contributed by atoms with van der Waals surface area (Å²) in [7, 11) is 0. The molecule has 1 atom stereocenters. The lowest BCUT2D eigenvalue weighted by molar-refractivity contribution is -0.115. The number of rotatable bonds is 6. The number of thioether (sulfide) groups is 1. The van der Waals surface area contributed by atoms with E-state index in [9.17, 15) is 4.79 Å². The largest absolute Gasteiger partial charge is 0.378 e. The van der Waals surface area contributed by atoms with Gasteiger partial charge >= 0.3 is 0 Å². The highest BCUT2D eigenvalue weighted by Crippen LogP contribution is 2.28. The molecule has 3 aromatic rings. The van der Waals surface area contributed by atoms with Crippen LogP contribution in [0.4, 0.5) is 11.4 Å². The Morgan fingerprint density at radius 2 is 1.90 bits per heavy atom. The number of carbonyl (C=O) groups excluding carboxylic acids is 1. The van der Waals surface area contributed by atoms with Crippen LogP contribution in [0.2, 0.25) is 0 Å². The molecule has 7 heteroatoms. The fourth-order valence-corrected chi connectivity index (χ4v) is 4.47. The third-order valence-corrected chi connectivity index (χ3v) is 6.19. The van der Waals surface area contributed by atoms with Crippen molar-refractivity contribution in [3.8, 4) is 0 Å². The van der Waals surface area contributed by atoms with E-state index in [0.717, 1.165) is 60.4 Å². The van der Waals surface area contributed by atoms with E-state index in [-0.39, 0.29) is 11.2 Å². The lowest BCUT2D eigenvalue weighted by atomic mass is 10.2. The normalized spacial score (nSPS) is 15.4. The van der Waals surface area contributed by atoms with Crippen LogP contribution >= 0.6 is 11.8 Å². The molecular weight excluding hydrogens is 384 g/mol. The van der Waals surface area contributed by atoms with Crippen molar-refractivity contribution in [2.24, 2.45) is 0 Å². The molecule has 1 amide bonds. The van der Waals surface area contributed by atoms with Crippen molar-refractivity contribution < 1.29 is 9.53 Å². The summed E-state index contributed by atoms with van der Waals surface area (Å²) in [5.74, 6) is -0.0242. The van der Waals surface area contributed by atoms with Crippen LogP contribution in [0.15, 0.2) is 53.7 Å². The Balaban J connectivity index is 1.41. The lowest BCUT2D eigenvalue weighted by Crippen LogP contribution is -2.36. The van der Waals surface area contributed by atoms with Crippen LogP contribution in [0.1, 0.15) is 13.8 Å². The second kappa shape index (κ2) is 8.88. The predicted octanol–water partition coefficient (Wildman–Crippen LogP) is 4.01. The van der Waals surface area contributed by atoms with Crippen molar-refractivity contribution >= 4 is 40.1 Å². The number of para-hydroxylation sites is 2. The van der Waals surface area contributed by atoms with Crippen LogP contribution in [-0.2, 0) is 16.1 Å². The van der Waals surface area contributed by atoms with E-state index in [2.05, 4.69) is 39.9 Å². The van der Waals surface area contributed by atoms with Gasteiger partial charge in [-0.15, -0.1) is 0 Å². The van der Waals surface area contributed by atoms with Crippen LogP contribution in [0.25, 0.3) is 11.0 Å². The van der Waals surface area contributed by atoms with Crippen LogP contribution in [0, 0.1) is 0 Å². The van der Waals surface area contributed by atoms with Crippen molar-refractivity contribution in [1.82, 2.24) is 9.55 Å². The standard InChI is InChI=1S/C22H26N4O2S/c1-3-26-20-7-5-4-6-19(20)24-22(26)29-16(2)21(27)23-17-8-10-18(11-9-17)25-12-14-28-15-13-25/h4-11,16H,3,12-15H2,1-2H3,(H,23,27)/t16-/m0/s1. The zero-order chi connectivity index (χ0) is 20.2. The number of benzene rings is 2. The molecule has 1 aromatic heterocycles. The Morgan fingerprint density at radius 3 is 2.62 bits per heavy atom. The number of carbonyl (C=O) groups is 1. The monoisotopic (exact) mass is 410 g/mol. The minimum Gasteiger partial charge on any atom is -0.378 e. The molecule has 2 heterocycles. The highest BCUT2D eigenvalue weighted by molar-refractivity contribution is 8.00. The van der Waals surface area contributed by atoms with Gasteiger partial charge in [-0.2, -0.15) is 0 Å². The van der Waals surface area contributed by atoms with Crippen LogP contribution in [0.3, 0.4) is 0 Å². The Kier molecular flexibility index (Phi) is 6.06. The first-order chi connectivity index (χ1) is 14.2. The van der Waals surface area contributed by atoms with Gasteiger partial charge in [-0.1, -0.05) is 23.9 Å². The molecule has 29 heavy (non-hydrogen) atoms. The third kappa shape index (κ3) is 4.41. The first kappa shape index (κ1) is 19.8. The SMILES string of the molecule is CCn1c(S[C@@H](C)C(=O)Nc2ccc(N3CCOCC3)cc2)nc2ccccc21. The maximum absolute atomic E-state index is 12.7. The van der Waals surface area contributed by atoms with E-state index >= 15 is 0 Å². The Hall–Kier alpha value is -2.51. The molecule has 0 spiro atoms. The maximum Gasteiger partial charge on any atom is 0.237 e. The number of hydrogen-bond donors (Lipinski definition) is 1. The Labute approximate surface area is 175 Å². The van der Waals surface area contributed by atoms with Gasteiger partial charge in [0.1, 0.15) is 0 Å². The Morgan fingerprint density at radius 1 is 1.17 bits per heavy atom. The number of ether oxygens (including phenoxy) is 1. The van der Waals surface area contributed by atoms with Crippen LogP contribution in [0.5, 0.6) is 0 Å². The van der Waals surface area contributed by atoms with E-state index in [0.29, 0.717) is 0 Å². The molecule has 1 N–H and O–H groups in total. The summed E-state index contributed by atoms with van der Waals surface area (Å²) in [5, 5.41) is 3.64. The van der Waals surface area contributed by atoms with Gasteiger partial charge in [0, 0.05) is 31.0 Å². The van der Waals surface area contributed by atoms with Gasteiger partial charge in [-0.25, -0.2) is 4.98 Å². The molecule has 0 radical (unpaired) electrons. The zero-order valence-corrected chi connectivity index (χ0v) is 17.6. The first-order valence-corrected chi connectivity index (χ1v) is 10.9. The molecule has 0 aliphatic carbocycles. The number of hydrogen-bond acceptors (Lipinski definition) is 5. The second-order valence-electron chi connectivity index (χ2n) is 7.02. The number of nitrogens with one attached hydrogen (secondary N) is 1. The molecular formula is C22H26N4O2S. The molecule has 2 aromatic carbocycles. The van der Waals surface area contributed by atoms with Crippen LogP contribution in [-0.4, -0.2) is 47.0 Å². The minimum absolute atomic E-state index is 0.0242. The number of amides is 1. The summed E-state index contributed by atoms with van der Waals surface area (Å²) in [6, 6.07) is 16.1.